The number of hydrogen-bond donors (Lipinski definition) is 37. The molecule has 0 aromatic heterocycles. The largest absolute Gasteiger partial charge is 0.477 e. The van der Waals surface area contributed by atoms with Gasteiger partial charge >= 0.3 is 25.7 Å². The summed E-state index contributed by atoms with van der Waals surface area (Å²) in [4.78, 5) is 61.2. The standard InChI is InChI=1S/C67H111N2O59P/c68-26-33(88)32(87)24(112-56(26)101)11-110-57-27(69)34(89)49(128-129(106,107)108)25(116-57)12-111-66(64(102)103)3-21(125-67(65(104)105)2-14(77)28(83)46(126-67)16(79)5-71)50(48(127-66)18(81)7-73)120-62-43(98)52(53(47(119-62)17(80)6-72)123-60-40(95)35(90)30(85)22(8-74)114-60)122-63-54(124-61-41(96)36(91)31(86)23(9-75)115-61)51(121-59-29(84)13(76)1-20(113-59)55(99)100)42(97)45(118-63)19(82)10-109-58-39(94)37(92)38(93)44(117-58)15(78)4-70/h1,13-19,21-54,56-63,70-98,101H,2-12,68-69H2,(H,99,100)(H,102,103)(H,104,105)(H2,106,107,108)/t13-,14-,15+,16-,17+,18-,19+,21-,22-,23-,24-,25-,26-,27-,28-,29+,30+,31-,32-,33-,34-,35+,36+,37+,38+,39+,40-,41-,42-,43+,44-,45-,46-,47-,48-,49-,50-,51+,52-,53-,54+,56+,57-,58+,59-,60+,61+,62-,63-,66-,67-/m1/s1. The Hall–Kier alpha value is -3.94. The van der Waals surface area contributed by atoms with Gasteiger partial charge in [0.25, 0.3) is 11.6 Å². The first-order chi connectivity index (χ1) is 60.5. The molecule has 9 saturated heterocycles. The van der Waals surface area contributed by atoms with Crippen molar-refractivity contribution in [2.24, 2.45) is 11.5 Å². The summed E-state index contributed by atoms with van der Waals surface area (Å²) in [7, 11) is -5.94. The number of phosphoric acid groups is 1. The summed E-state index contributed by atoms with van der Waals surface area (Å²) in [5.74, 6) is -15.9. The molecule has 0 bridgehead atoms. The lowest BCUT2D eigenvalue weighted by atomic mass is 9.89. The number of nitrogens with two attached hydrogens (primary N) is 2. The molecule has 748 valence electrons. The van der Waals surface area contributed by atoms with E-state index in [-0.39, 0.29) is 0 Å². The monoisotopic (exact) mass is 1920 g/mol. The highest BCUT2D eigenvalue weighted by Gasteiger charge is 2.66. The van der Waals surface area contributed by atoms with Crippen LogP contribution in [0.25, 0.3) is 0 Å². The minimum atomic E-state index is -5.94. The van der Waals surface area contributed by atoms with Crippen molar-refractivity contribution < 1.29 is 292 Å². The van der Waals surface area contributed by atoms with Crippen LogP contribution in [0.5, 0.6) is 0 Å². The van der Waals surface area contributed by atoms with Gasteiger partial charge in [-0.05, 0) is 6.08 Å². The molecule has 129 heavy (non-hydrogen) atoms. The van der Waals surface area contributed by atoms with Crippen LogP contribution in [0.2, 0.25) is 0 Å². The van der Waals surface area contributed by atoms with Crippen molar-refractivity contribution in [1.82, 2.24) is 0 Å². The van der Waals surface area contributed by atoms with Crippen molar-refractivity contribution in [2.75, 3.05) is 59.5 Å². The van der Waals surface area contributed by atoms with Crippen LogP contribution in [0.1, 0.15) is 12.8 Å². The first-order valence-electron chi connectivity index (χ1n) is 39.6. The molecule has 0 aromatic rings. The van der Waals surface area contributed by atoms with Crippen LogP contribution in [0.4, 0.5) is 0 Å². The summed E-state index contributed by atoms with van der Waals surface area (Å²) in [6, 6.07) is -3.65. The van der Waals surface area contributed by atoms with E-state index in [0.29, 0.717) is 6.08 Å². The van der Waals surface area contributed by atoms with Crippen LogP contribution >= 0.6 is 7.82 Å². The Morgan fingerprint density at radius 2 is 0.868 bits per heavy atom. The zero-order valence-corrected chi connectivity index (χ0v) is 67.6. The molecular weight excluding hydrogens is 1810 g/mol. The smallest absolute Gasteiger partial charge is 0.470 e. The second-order valence-corrected chi connectivity index (χ2v) is 33.0. The lowest BCUT2D eigenvalue weighted by molar-refractivity contribution is -0.424. The van der Waals surface area contributed by atoms with Gasteiger partial charge in [-0.2, -0.15) is 0 Å². The lowest BCUT2D eigenvalue weighted by Crippen LogP contribution is -2.72. The first-order valence-corrected chi connectivity index (χ1v) is 41.1. The van der Waals surface area contributed by atoms with Gasteiger partial charge < -0.3 is 280 Å². The number of carbonyl (C=O) groups is 3. The third kappa shape index (κ3) is 23.2. The third-order valence-corrected chi connectivity index (χ3v) is 23.5. The second kappa shape index (κ2) is 44.7. The summed E-state index contributed by atoms with van der Waals surface area (Å²) in [6.07, 6.45) is -122. The van der Waals surface area contributed by atoms with Gasteiger partial charge in [0.05, 0.1) is 83.8 Å². The summed E-state index contributed by atoms with van der Waals surface area (Å²) in [6.45, 7) is -12.7. The van der Waals surface area contributed by atoms with E-state index >= 15 is 0 Å². The predicted octanol–water partition coefficient (Wildman–Crippen LogP) is -23.7. The SMILES string of the molecule is N[C@@H]1[C@@H](O)[C@H](O)[C@@H](CO[C@@H]2O[C@H](CO[C@]3(C(=O)O)C[C@@H](O[C@]4(C(=O)O)C[C@@H](O)[C@@H](O)[C@@H]([C@H](O)CO)O4)[C@@H](O[C@H]4O[C@H]([C@@H](O)CO)[C@@H](O[C@@H]5O[C@H](CO)[C@H](O)[C@H](O)[C@H]5O)[C@H](O[C@H]5O[C@H]([C@@H](O)CO[C@H]6O[C@H]([C@@H](O)CO)[C@@H](O)[C@H](O)[C@@H]6O)[C@@H](O)[C@H](O[C@H]6OC(C(=O)O)=C[C@@H](O)[C@@H]6O)[C@@H]5O[C@@H]5O[C@H](CO)[C@@H](O)[C@H](O)[C@H]5O)[C@@H]4O)[C@@H]([C@H](O)CO)O3)[C@@H](OP(=O)(O)O)[C@H](O)[C@H]2N)O[C@@H]1O. The molecule has 0 unspecified atom stereocenters. The Balaban J connectivity index is 1.13. The van der Waals surface area contributed by atoms with Crippen LogP contribution in [0, 0.1) is 0 Å². The minimum absolute atomic E-state index is 0.406. The Morgan fingerprint density at radius 1 is 0.403 bits per heavy atom. The maximum Gasteiger partial charge on any atom is 0.470 e. The van der Waals surface area contributed by atoms with E-state index < -0.39 is 416 Å². The van der Waals surface area contributed by atoms with E-state index in [1.165, 1.54) is 0 Å². The molecule has 62 heteroatoms. The van der Waals surface area contributed by atoms with Crippen molar-refractivity contribution in [2.45, 2.75) is 325 Å². The van der Waals surface area contributed by atoms with E-state index in [2.05, 4.69) is 0 Å². The Bertz CT molecular complexity index is 3650. The average Bonchev–Trinajstić information content (AvgIpc) is 0.737. The highest BCUT2D eigenvalue weighted by atomic mass is 31.2. The summed E-state index contributed by atoms with van der Waals surface area (Å²) < 4.78 is 129. The van der Waals surface area contributed by atoms with Crippen LogP contribution < -0.4 is 11.5 Å². The molecule has 10 aliphatic heterocycles. The number of phosphoric ester groups is 1. The van der Waals surface area contributed by atoms with Crippen LogP contribution in [0.15, 0.2) is 11.8 Å². The number of rotatable bonds is 37. The Morgan fingerprint density at radius 3 is 1.43 bits per heavy atom. The zero-order valence-electron chi connectivity index (χ0n) is 66.7. The summed E-state index contributed by atoms with van der Waals surface area (Å²) in [5.41, 5.74) is 11.9. The molecule has 9 fully saturated rings. The lowest BCUT2D eigenvalue weighted by Gasteiger charge is -2.54. The van der Waals surface area contributed by atoms with E-state index in [0.717, 1.165) is 0 Å². The van der Waals surface area contributed by atoms with Gasteiger partial charge in [0.15, 0.2) is 44.0 Å². The molecule has 0 saturated carbocycles. The maximum atomic E-state index is 14.4. The molecular formula is C67H111N2O59P. The van der Waals surface area contributed by atoms with E-state index in [1.54, 1.807) is 0 Å². The van der Waals surface area contributed by atoms with Crippen LogP contribution in [0.3, 0.4) is 0 Å². The van der Waals surface area contributed by atoms with Crippen LogP contribution in [-0.4, -0.2) is 568 Å². The second-order valence-electron chi connectivity index (χ2n) is 31.8. The molecule has 61 nitrogen and oxygen atoms in total. The molecule has 51 atom stereocenters. The van der Waals surface area contributed by atoms with E-state index in [4.69, 9.17) is 106 Å². The third-order valence-electron chi connectivity index (χ3n) is 23.0. The van der Waals surface area contributed by atoms with Gasteiger partial charge in [0.2, 0.25) is 12.0 Å². The number of aliphatic hydroxyl groups excluding tert-OH is 30. The van der Waals surface area contributed by atoms with Gasteiger partial charge in [-0.15, -0.1) is 0 Å². The molecule has 39 N–H and O–H groups in total. The average molecular weight is 1920 g/mol. The number of carboxylic acid groups (broad SMARTS) is 3. The predicted molar refractivity (Wildman–Crippen MR) is 384 cm³/mol. The highest BCUT2D eigenvalue weighted by molar-refractivity contribution is 7.46. The van der Waals surface area contributed by atoms with Gasteiger partial charge in [0.1, 0.15) is 226 Å². The highest BCUT2D eigenvalue weighted by Crippen LogP contribution is 2.47. The quantitative estimate of drug-likeness (QED) is 0.0257. The van der Waals surface area contributed by atoms with Gasteiger partial charge in [-0.25, -0.2) is 18.9 Å². The van der Waals surface area contributed by atoms with Gasteiger partial charge in [-0.3, -0.25) is 4.52 Å². The van der Waals surface area contributed by atoms with E-state index in [1.807, 2.05) is 0 Å². The van der Waals surface area contributed by atoms with Crippen molar-refractivity contribution in [1.29, 1.82) is 0 Å². The molecule has 0 amide bonds. The number of aliphatic carboxylic acids is 3. The number of ether oxygens (including phenoxy) is 19. The fourth-order valence-corrected chi connectivity index (χ4v) is 16.4. The van der Waals surface area contributed by atoms with Gasteiger partial charge in [-0.1, -0.05) is 0 Å². The Labute approximate surface area is 723 Å². The minimum Gasteiger partial charge on any atom is -0.477 e. The normalized spacial score (nSPS) is 47.9. The summed E-state index contributed by atoms with van der Waals surface area (Å²) in [5, 5.41) is 368. The zero-order chi connectivity index (χ0) is 95.7. The summed E-state index contributed by atoms with van der Waals surface area (Å²) >= 11 is 0. The number of aliphatic hydroxyl groups is 30. The van der Waals surface area contributed by atoms with Crippen molar-refractivity contribution >= 4 is 25.7 Å². The van der Waals surface area contributed by atoms with Crippen molar-refractivity contribution in [3.63, 3.8) is 0 Å². The van der Waals surface area contributed by atoms with E-state index in [9.17, 15) is 197 Å². The molecule has 0 aliphatic carbocycles. The molecule has 0 aromatic carbocycles. The molecule has 10 heterocycles. The van der Waals surface area contributed by atoms with Crippen molar-refractivity contribution in [3.8, 4) is 0 Å². The number of hydrogen-bond acceptors (Lipinski definition) is 56. The topological polar surface area (TPSA) is 1010 Å². The van der Waals surface area contributed by atoms with Crippen molar-refractivity contribution in [3.05, 3.63) is 11.8 Å². The molecule has 0 spiro atoms. The molecule has 10 aliphatic rings. The Kier molecular flexibility index (Phi) is 37.1. The molecule has 0 radical (unpaired) electrons. The molecule has 10 rings (SSSR count). The first kappa shape index (κ1) is 107. The van der Waals surface area contributed by atoms with Gasteiger partial charge in [0, 0.05) is 12.8 Å². The maximum absolute atomic E-state index is 14.4. The van der Waals surface area contributed by atoms with Crippen LogP contribution in [-0.2, 0) is 113 Å². The fraction of sp³-hybridized carbons (Fsp3) is 0.925. The fourth-order valence-electron chi connectivity index (χ4n) is 15.8. The number of carboxylic acids is 3.